The van der Waals surface area contributed by atoms with Crippen LogP contribution in [0.15, 0.2) is 94.9 Å². The van der Waals surface area contributed by atoms with Crippen LogP contribution in [-0.4, -0.2) is 58.1 Å². The van der Waals surface area contributed by atoms with Gasteiger partial charge in [-0.3, -0.25) is 9.98 Å². The van der Waals surface area contributed by atoms with Gasteiger partial charge in [-0.05, 0) is 120 Å². The zero-order valence-corrected chi connectivity index (χ0v) is 24.7. The molecule has 6 heteroatoms. The zero-order valence-electron chi connectivity index (χ0n) is 24.7. The molecule has 0 amide bonds. The minimum atomic E-state index is 0.274. The molecular formula is C36H38N2O4. The summed E-state index contributed by atoms with van der Waals surface area (Å²) in [5.74, 6) is 1.75. The van der Waals surface area contributed by atoms with Crippen molar-refractivity contribution in [1.29, 1.82) is 0 Å². The maximum atomic E-state index is 5.67. The first-order chi connectivity index (χ1) is 20.5. The van der Waals surface area contributed by atoms with E-state index in [-0.39, 0.29) is 6.10 Å². The van der Waals surface area contributed by atoms with Crippen LogP contribution in [0.5, 0.6) is 11.5 Å². The molecule has 0 saturated carbocycles. The lowest BCUT2D eigenvalue weighted by Gasteiger charge is -2.08. The van der Waals surface area contributed by atoms with E-state index in [1.165, 1.54) is 22.3 Å². The van der Waals surface area contributed by atoms with Crippen molar-refractivity contribution in [3.8, 4) is 22.6 Å². The lowest BCUT2D eigenvalue weighted by atomic mass is 9.99. The quantitative estimate of drug-likeness (QED) is 0.150. The lowest BCUT2D eigenvalue weighted by Crippen LogP contribution is -2.03. The van der Waals surface area contributed by atoms with E-state index < -0.39 is 0 Å². The molecular weight excluding hydrogens is 524 g/mol. The maximum Gasteiger partial charge on any atom is 0.119 e. The average Bonchev–Trinajstić information content (AvgIpc) is 3.94. The summed E-state index contributed by atoms with van der Waals surface area (Å²) in [6, 6.07) is 28.9. The first-order valence-electron chi connectivity index (χ1n) is 14.3. The molecule has 0 spiro atoms. The number of aryl methyl sites for hydroxylation is 3. The third-order valence-electron chi connectivity index (χ3n) is 7.10. The first kappa shape index (κ1) is 29.2. The van der Waals surface area contributed by atoms with Gasteiger partial charge in [0, 0.05) is 19.5 Å². The third-order valence-corrected chi connectivity index (χ3v) is 7.10. The summed E-state index contributed by atoms with van der Waals surface area (Å²) in [5, 5.41) is 0. The molecule has 0 bridgehead atoms. The molecule has 216 valence electrons. The molecule has 2 atom stereocenters. The van der Waals surface area contributed by atoms with E-state index >= 15 is 0 Å². The predicted octanol–water partition coefficient (Wildman–Crippen LogP) is 7.32. The Morgan fingerprint density at radius 3 is 1.62 bits per heavy atom. The molecule has 2 aliphatic rings. The molecule has 2 fully saturated rings. The maximum absolute atomic E-state index is 5.67. The molecule has 42 heavy (non-hydrogen) atoms. The summed E-state index contributed by atoms with van der Waals surface area (Å²) in [6.45, 7) is 9.32. The summed E-state index contributed by atoms with van der Waals surface area (Å²) >= 11 is 0. The van der Waals surface area contributed by atoms with E-state index in [4.69, 9.17) is 18.9 Å². The van der Waals surface area contributed by atoms with Crippen LogP contribution in [0.3, 0.4) is 0 Å². The average molecular weight is 563 g/mol. The predicted molar refractivity (Wildman–Crippen MR) is 170 cm³/mol. The van der Waals surface area contributed by atoms with Crippen LogP contribution >= 0.6 is 0 Å². The molecule has 6 nitrogen and oxygen atoms in total. The third kappa shape index (κ3) is 8.87. The van der Waals surface area contributed by atoms with E-state index in [1.54, 1.807) is 7.05 Å². The normalized spacial score (nSPS) is 17.1. The first-order valence-corrected chi connectivity index (χ1v) is 14.3. The number of aliphatic imine (C=N–C) groups is 2. The number of hydrogen-bond donors (Lipinski definition) is 0. The van der Waals surface area contributed by atoms with Crippen molar-refractivity contribution in [1.82, 2.24) is 0 Å². The Morgan fingerprint density at radius 2 is 1.14 bits per heavy atom. The summed E-state index contributed by atoms with van der Waals surface area (Å²) in [5.41, 5.74) is 9.38. The van der Waals surface area contributed by atoms with Crippen LogP contribution in [0.25, 0.3) is 11.1 Å². The fourth-order valence-corrected chi connectivity index (χ4v) is 4.20. The van der Waals surface area contributed by atoms with Crippen molar-refractivity contribution in [2.45, 2.75) is 33.0 Å². The molecule has 4 aromatic rings. The molecule has 2 aliphatic heterocycles. The fourth-order valence-electron chi connectivity index (χ4n) is 4.20. The van der Waals surface area contributed by atoms with Gasteiger partial charge >= 0.3 is 0 Å². The SMILES string of the molecule is CN=Cc1ccc(OCC2CO2)cc1.Cc1ccc(-c2ccc(N=Cc3ccc(OCC4CO4)cc3)c(C)c2)cc1C. The Bertz CT molecular complexity index is 1520. The molecule has 2 heterocycles. The second-order valence-corrected chi connectivity index (χ2v) is 10.6. The number of benzene rings is 4. The van der Waals surface area contributed by atoms with Gasteiger partial charge in [0.1, 0.15) is 36.9 Å². The van der Waals surface area contributed by atoms with Crippen molar-refractivity contribution in [2.24, 2.45) is 9.98 Å². The van der Waals surface area contributed by atoms with Crippen LogP contribution in [-0.2, 0) is 9.47 Å². The van der Waals surface area contributed by atoms with Gasteiger partial charge in [-0.1, -0.05) is 24.3 Å². The highest BCUT2D eigenvalue weighted by Crippen LogP contribution is 2.28. The van der Waals surface area contributed by atoms with Crippen molar-refractivity contribution < 1.29 is 18.9 Å². The van der Waals surface area contributed by atoms with Crippen LogP contribution in [0.1, 0.15) is 27.8 Å². The molecule has 6 rings (SSSR count). The number of nitrogens with zero attached hydrogens (tertiary/aromatic N) is 2. The molecule has 2 saturated heterocycles. The molecule has 0 radical (unpaired) electrons. The molecule has 0 aromatic heterocycles. The largest absolute Gasteiger partial charge is 0.491 e. The minimum absolute atomic E-state index is 0.274. The summed E-state index contributed by atoms with van der Waals surface area (Å²) in [7, 11) is 1.76. The van der Waals surface area contributed by atoms with Gasteiger partial charge in [0.05, 0.1) is 18.9 Å². The number of ether oxygens (including phenoxy) is 4. The minimum Gasteiger partial charge on any atom is -0.491 e. The smallest absolute Gasteiger partial charge is 0.119 e. The zero-order chi connectivity index (χ0) is 29.3. The second kappa shape index (κ2) is 14.1. The number of rotatable bonds is 10. The highest BCUT2D eigenvalue weighted by molar-refractivity contribution is 5.83. The summed E-state index contributed by atoms with van der Waals surface area (Å²) in [6.07, 6.45) is 4.29. The van der Waals surface area contributed by atoms with Gasteiger partial charge in [0.15, 0.2) is 0 Å². The van der Waals surface area contributed by atoms with Gasteiger partial charge in [0.2, 0.25) is 0 Å². The van der Waals surface area contributed by atoms with Crippen LogP contribution in [0.4, 0.5) is 5.69 Å². The van der Waals surface area contributed by atoms with Crippen LogP contribution in [0.2, 0.25) is 0 Å². The fraction of sp³-hybridized carbons (Fsp3) is 0.278. The van der Waals surface area contributed by atoms with Gasteiger partial charge in [-0.2, -0.15) is 0 Å². The van der Waals surface area contributed by atoms with Gasteiger partial charge in [-0.25, -0.2) is 0 Å². The Kier molecular flexibility index (Phi) is 9.80. The number of hydrogen-bond acceptors (Lipinski definition) is 6. The van der Waals surface area contributed by atoms with Gasteiger partial charge in [0.25, 0.3) is 0 Å². The number of epoxide rings is 2. The van der Waals surface area contributed by atoms with Crippen LogP contribution < -0.4 is 9.47 Å². The second-order valence-electron chi connectivity index (χ2n) is 10.6. The Balaban J connectivity index is 0.000000211. The summed E-state index contributed by atoms with van der Waals surface area (Å²) in [4.78, 5) is 8.60. The van der Waals surface area contributed by atoms with Crippen molar-refractivity contribution in [3.05, 3.63) is 113 Å². The van der Waals surface area contributed by atoms with Gasteiger partial charge < -0.3 is 18.9 Å². The van der Waals surface area contributed by atoms with E-state index in [0.717, 1.165) is 47.1 Å². The van der Waals surface area contributed by atoms with Crippen molar-refractivity contribution >= 4 is 18.1 Å². The monoisotopic (exact) mass is 562 g/mol. The van der Waals surface area contributed by atoms with E-state index in [1.807, 2.05) is 61.0 Å². The van der Waals surface area contributed by atoms with E-state index in [2.05, 4.69) is 67.2 Å². The molecule has 0 aliphatic carbocycles. The Hall–Kier alpha value is -4.26. The summed E-state index contributed by atoms with van der Waals surface area (Å²) < 4.78 is 21.4. The van der Waals surface area contributed by atoms with Crippen molar-refractivity contribution in [2.75, 3.05) is 33.5 Å². The standard InChI is InChI=1S/C25H25NO2.C11H13NO2/c1-17-4-7-21(12-18(17)2)22-8-11-25(19(3)13-22)26-14-20-5-9-23(10-6-20)27-15-24-16-28-24;1-12-6-9-2-4-10(5-3-9)13-7-11-8-14-11/h4-14,24H,15-16H2,1-3H3;2-6,11H,7-8H2,1H3. The lowest BCUT2D eigenvalue weighted by molar-refractivity contribution is 0.263. The highest BCUT2D eigenvalue weighted by atomic mass is 16.6. The Morgan fingerprint density at radius 1 is 0.643 bits per heavy atom. The Labute approximate surface area is 248 Å². The van der Waals surface area contributed by atoms with Crippen molar-refractivity contribution in [3.63, 3.8) is 0 Å². The molecule has 0 N–H and O–H groups in total. The van der Waals surface area contributed by atoms with Crippen LogP contribution in [0, 0.1) is 20.8 Å². The molecule has 2 unspecified atom stereocenters. The van der Waals surface area contributed by atoms with E-state index in [9.17, 15) is 0 Å². The van der Waals surface area contributed by atoms with E-state index in [0.29, 0.717) is 19.3 Å². The van der Waals surface area contributed by atoms with Gasteiger partial charge in [-0.15, -0.1) is 0 Å². The topological polar surface area (TPSA) is 68.2 Å². The highest BCUT2D eigenvalue weighted by Gasteiger charge is 2.23. The molecule has 4 aromatic carbocycles.